The Morgan fingerprint density at radius 3 is 2.33 bits per heavy atom. The smallest absolute Gasteiger partial charge is 0.362 e. The first-order valence-corrected chi connectivity index (χ1v) is 12.5. The number of nitrogens with one attached hydrogen (secondary N) is 1. The molecule has 0 aliphatic carbocycles. The molecule has 2 rings (SSSR count). The molecule has 2 unspecified atom stereocenters. The molecule has 2 amide bonds. The SMILES string of the molecule is CCCOC(C(=O)OC(C)(C)C)(N1CC(NC(=O)COc2ccccc2)C1=O)C(C)(C)SCl. The standard InChI is InChI=1S/C23H33ClN2O6S/c1-7-13-31-23(22(5,6)33-24,20(29)32-21(2,3)4)26-14-17(19(26)28)25-18(27)15-30-16-11-9-8-10-12-16/h8-12,17H,7,13-15H2,1-6H3,(H,25,27). The molecule has 0 spiro atoms. The molecular weight excluding hydrogens is 468 g/mol. The third-order valence-corrected chi connectivity index (χ3v) is 6.78. The minimum Gasteiger partial charge on any atom is -0.484 e. The van der Waals surface area contributed by atoms with Gasteiger partial charge in [0.15, 0.2) is 6.61 Å². The number of halogens is 1. The molecule has 0 saturated carbocycles. The van der Waals surface area contributed by atoms with E-state index in [1.165, 1.54) is 4.90 Å². The van der Waals surface area contributed by atoms with Crippen molar-refractivity contribution in [3.8, 4) is 5.75 Å². The fourth-order valence-electron chi connectivity index (χ4n) is 3.36. The van der Waals surface area contributed by atoms with E-state index in [1.807, 2.05) is 13.0 Å². The largest absolute Gasteiger partial charge is 0.484 e. The van der Waals surface area contributed by atoms with Crippen LogP contribution in [0.3, 0.4) is 0 Å². The maximum absolute atomic E-state index is 13.4. The summed E-state index contributed by atoms with van der Waals surface area (Å²) in [7, 11) is 7.05. The van der Waals surface area contributed by atoms with Crippen molar-refractivity contribution >= 4 is 39.4 Å². The second kappa shape index (κ2) is 11.0. The summed E-state index contributed by atoms with van der Waals surface area (Å²) >= 11 is 0. The lowest BCUT2D eigenvalue weighted by molar-refractivity contribution is -0.231. The van der Waals surface area contributed by atoms with Crippen molar-refractivity contribution in [2.24, 2.45) is 0 Å². The highest BCUT2D eigenvalue weighted by Gasteiger charge is 2.65. The van der Waals surface area contributed by atoms with Crippen LogP contribution in [-0.2, 0) is 23.9 Å². The maximum atomic E-state index is 13.4. The normalized spacial score (nSPS) is 18.2. The minimum atomic E-state index is -1.76. The van der Waals surface area contributed by atoms with Crippen LogP contribution in [-0.4, -0.2) is 64.6 Å². The van der Waals surface area contributed by atoms with Gasteiger partial charge in [0.25, 0.3) is 11.6 Å². The molecule has 0 bridgehead atoms. The number of likely N-dealkylation sites (tertiary alicyclic amines) is 1. The summed E-state index contributed by atoms with van der Waals surface area (Å²) in [5.74, 6) is -1.05. The predicted molar refractivity (Wildman–Crippen MR) is 128 cm³/mol. The van der Waals surface area contributed by atoms with Crippen molar-refractivity contribution < 1.29 is 28.6 Å². The number of carbonyl (C=O) groups is 3. The third-order valence-electron chi connectivity index (χ3n) is 4.96. The number of hydrogen-bond acceptors (Lipinski definition) is 7. The molecular formula is C23H33ClN2O6S. The molecule has 0 radical (unpaired) electrons. The summed E-state index contributed by atoms with van der Waals surface area (Å²) in [4.78, 5) is 40.2. The zero-order chi connectivity index (χ0) is 24.9. The van der Waals surface area contributed by atoms with Crippen LogP contribution in [0.4, 0.5) is 0 Å². The number of rotatable bonds is 11. The number of hydrogen-bond donors (Lipinski definition) is 1. The van der Waals surface area contributed by atoms with Gasteiger partial charge in [-0.15, -0.1) is 0 Å². The Morgan fingerprint density at radius 1 is 1.18 bits per heavy atom. The van der Waals surface area contributed by atoms with Crippen LogP contribution < -0.4 is 10.1 Å². The topological polar surface area (TPSA) is 94.2 Å². The first-order valence-electron chi connectivity index (χ1n) is 10.8. The van der Waals surface area contributed by atoms with E-state index in [0.29, 0.717) is 12.2 Å². The van der Waals surface area contributed by atoms with Crippen molar-refractivity contribution in [1.29, 1.82) is 0 Å². The molecule has 1 aliphatic rings. The summed E-state index contributed by atoms with van der Waals surface area (Å²) in [6.07, 6.45) is 0.618. The van der Waals surface area contributed by atoms with Gasteiger partial charge in [0.2, 0.25) is 5.91 Å². The highest BCUT2D eigenvalue weighted by molar-refractivity contribution is 8.22. The maximum Gasteiger partial charge on any atom is 0.362 e. The van der Waals surface area contributed by atoms with Gasteiger partial charge in [0.05, 0.1) is 11.3 Å². The summed E-state index contributed by atoms with van der Waals surface area (Å²) < 4.78 is 16.1. The average Bonchev–Trinajstić information content (AvgIpc) is 2.75. The number of carbonyl (C=O) groups excluding carboxylic acids is 3. The van der Waals surface area contributed by atoms with Gasteiger partial charge in [-0.05, 0) is 74.8 Å². The van der Waals surface area contributed by atoms with Crippen LogP contribution >= 0.6 is 21.7 Å². The van der Waals surface area contributed by atoms with Crippen molar-refractivity contribution in [2.45, 2.75) is 70.1 Å². The van der Waals surface area contributed by atoms with Gasteiger partial charge in [0, 0.05) is 6.61 Å². The van der Waals surface area contributed by atoms with Crippen LogP contribution in [0.2, 0.25) is 0 Å². The van der Waals surface area contributed by atoms with Crippen molar-refractivity contribution in [3.63, 3.8) is 0 Å². The Hall–Kier alpha value is -1.97. The molecule has 1 fully saturated rings. The van der Waals surface area contributed by atoms with Gasteiger partial charge in [-0.1, -0.05) is 25.1 Å². The van der Waals surface area contributed by atoms with Gasteiger partial charge >= 0.3 is 5.97 Å². The number of amides is 2. The molecule has 1 heterocycles. The Morgan fingerprint density at radius 2 is 1.82 bits per heavy atom. The van der Waals surface area contributed by atoms with Gasteiger partial charge < -0.3 is 19.5 Å². The lowest BCUT2D eigenvalue weighted by atomic mass is 9.90. The Bertz CT molecular complexity index is 845. The van der Waals surface area contributed by atoms with Gasteiger partial charge in [-0.2, -0.15) is 0 Å². The number of β-lactam (4-membered cyclic amide) rings is 1. The van der Waals surface area contributed by atoms with Gasteiger partial charge in [-0.25, -0.2) is 4.79 Å². The lowest BCUT2D eigenvalue weighted by Crippen LogP contribution is -2.78. The van der Waals surface area contributed by atoms with E-state index in [4.69, 9.17) is 24.9 Å². The highest BCUT2D eigenvalue weighted by atomic mass is 35.7. The Balaban J connectivity index is 2.18. The molecule has 1 aromatic carbocycles. The summed E-state index contributed by atoms with van der Waals surface area (Å²) in [5.41, 5.74) is -2.57. The molecule has 2 atom stereocenters. The van der Waals surface area contributed by atoms with Crippen LogP contribution in [0.25, 0.3) is 0 Å². The van der Waals surface area contributed by atoms with E-state index >= 15 is 0 Å². The molecule has 1 N–H and O–H groups in total. The van der Waals surface area contributed by atoms with E-state index in [-0.39, 0.29) is 19.8 Å². The van der Waals surface area contributed by atoms with Crippen LogP contribution in [0, 0.1) is 0 Å². The second-order valence-electron chi connectivity index (χ2n) is 9.25. The number of esters is 1. The number of para-hydroxylation sites is 1. The minimum absolute atomic E-state index is 0.0692. The molecule has 1 aliphatic heterocycles. The van der Waals surface area contributed by atoms with Crippen LogP contribution in [0.15, 0.2) is 30.3 Å². The molecule has 8 nitrogen and oxygen atoms in total. The first-order chi connectivity index (χ1) is 15.4. The summed E-state index contributed by atoms with van der Waals surface area (Å²) in [5, 5.41) is 2.65. The predicted octanol–water partition coefficient (Wildman–Crippen LogP) is 3.52. The molecule has 184 valence electrons. The van der Waals surface area contributed by atoms with E-state index in [2.05, 4.69) is 5.32 Å². The fraction of sp³-hybridized carbons (Fsp3) is 0.609. The summed E-state index contributed by atoms with van der Waals surface area (Å²) in [6, 6.07) is 8.09. The average molecular weight is 501 g/mol. The van der Waals surface area contributed by atoms with E-state index < -0.39 is 39.9 Å². The van der Waals surface area contributed by atoms with Crippen molar-refractivity contribution in [1.82, 2.24) is 10.2 Å². The monoisotopic (exact) mass is 500 g/mol. The molecule has 1 saturated heterocycles. The number of benzene rings is 1. The Kier molecular flexibility index (Phi) is 9.07. The highest BCUT2D eigenvalue weighted by Crippen LogP contribution is 2.46. The second-order valence-corrected chi connectivity index (χ2v) is 10.9. The summed E-state index contributed by atoms with van der Waals surface area (Å²) in [6.45, 7) is 10.6. The lowest BCUT2D eigenvalue weighted by Gasteiger charge is -2.54. The number of ether oxygens (including phenoxy) is 3. The molecule has 33 heavy (non-hydrogen) atoms. The van der Waals surface area contributed by atoms with E-state index in [9.17, 15) is 14.4 Å². The quantitative estimate of drug-likeness (QED) is 0.367. The molecule has 10 heteroatoms. The fourth-order valence-corrected chi connectivity index (χ4v) is 4.03. The molecule has 0 aromatic heterocycles. The van der Waals surface area contributed by atoms with Crippen LogP contribution in [0.5, 0.6) is 5.75 Å². The van der Waals surface area contributed by atoms with Gasteiger partial charge in [-0.3, -0.25) is 14.5 Å². The van der Waals surface area contributed by atoms with E-state index in [1.54, 1.807) is 58.9 Å². The van der Waals surface area contributed by atoms with Crippen molar-refractivity contribution in [3.05, 3.63) is 30.3 Å². The molecule has 1 aromatic rings. The van der Waals surface area contributed by atoms with E-state index in [0.717, 1.165) is 11.0 Å². The third kappa shape index (κ3) is 6.33. The van der Waals surface area contributed by atoms with Crippen LogP contribution in [0.1, 0.15) is 48.0 Å². The van der Waals surface area contributed by atoms with Gasteiger partial charge in [0.1, 0.15) is 17.4 Å². The zero-order valence-electron chi connectivity index (χ0n) is 20.0. The first kappa shape index (κ1) is 27.3. The Labute approximate surface area is 204 Å². The van der Waals surface area contributed by atoms with Crippen molar-refractivity contribution in [2.75, 3.05) is 19.8 Å². The zero-order valence-corrected chi connectivity index (χ0v) is 21.5. The number of nitrogens with zero attached hydrogens (tertiary/aromatic N) is 1.